The van der Waals surface area contributed by atoms with Gasteiger partial charge in [-0.1, -0.05) is 62.4 Å². The van der Waals surface area contributed by atoms with E-state index in [0.717, 1.165) is 23.2 Å². The van der Waals surface area contributed by atoms with Crippen molar-refractivity contribution in [3.05, 3.63) is 89.5 Å². The molecule has 2 atom stereocenters. The number of aryl methyl sites for hydroxylation is 2. The van der Waals surface area contributed by atoms with Gasteiger partial charge in [0.15, 0.2) is 0 Å². The first-order valence-corrected chi connectivity index (χ1v) is 13.4. The number of amides is 3. The molecule has 0 aliphatic carbocycles. The van der Waals surface area contributed by atoms with Gasteiger partial charge in [-0.2, -0.15) is 0 Å². The van der Waals surface area contributed by atoms with Crippen LogP contribution in [0.3, 0.4) is 0 Å². The Labute approximate surface area is 231 Å². The van der Waals surface area contributed by atoms with Crippen molar-refractivity contribution in [2.45, 2.75) is 40.2 Å². The van der Waals surface area contributed by atoms with Crippen molar-refractivity contribution >= 4 is 34.8 Å². The van der Waals surface area contributed by atoms with Gasteiger partial charge in [0, 0.05) is 19.2 Å². The van der Waals surface area contributed by atoms with Crippen LogP contribution in [0.15, 0.2) is 72.8 Å². The van der Waals surface area contributed by atoms with E-state index >= 15 is 0 Å². The molecular weight excluding hydrogens is 490 g/mol. The molecule has 0 spiro atoms. The molecule has 0 fully saturated rings. The highest BCUT2D eigenvalue weighted by Gasteiger charge is 2.36. The topological polar surface area (TPSA) is 70.2 Å². The first-order valence-electron chi connectivity index (χ1n) is 13.4. The van der Waals surface area contributed by atoms with Gasteiger partial charge in [-0.3, -0.25) is 14.4 Å². The number of carbonyl (C=O) groups is 3. The highest BCUT2D eigenvalue weighted by atomic mass is 16.5. The lowest BCUT2D eigenvalue weighted by Crippen LogP contribution is -2.49. The van der Waals surface area contributed by atoms with Gasteiger partial charge in [0.2, 0.25) is 11.8 Å². The Morgan fingerprint density at radius 1 is 1.00 bits per heavy atom. The summed E-state index contributed by atoms with van der Waals surface area (Å²) in [5.41, 5.74) is 4.60. The number of rotatable bonds is 8. The smallest absolute Gasteiger partial charge is 0.258 e. The van der Waals surface area contributed by atoms with Gasteiger partial charge in [-0.05, 0) is 55.7 Å². The highest BCUT2D eigenvalue weighted by Crippen LogP contribution is 2.36. The molecule has 1 aliphatic rings. The van der Waals surface area contributed by atoms with Crippen LogP contribution in [0.1, 0.15) is 42.3 Å². The second kappa shape index (κ2) is 12.3. The van der Waals surface area contributed by atoms with Gasteiger partial charge >= 0.3 is 0 Å². The molecule has 0 aromatic heterocycles. The molecule has 204 valence electrons. The summed E-state index contributed by atoms with van der Waals surface area (Å²) in [6.07, 6.45) is 0.763. The average molecular weight is 528 g/mol. The highest BCUT2D eigenvalue weighted by molar-refractivity contribution is 6.13. The molecule has 39 heavy (non-hydrogen) atoms. The molecule has 3 aromatic rings. The maximum atomic E-state index is 14.2. The van der Waals surface area contributed by atoms with E-state index in [1.165, 1.54) is 4.90 Å². The molecule has 3 aromatic carbocycles. The fraction of sp³-hybridized carbons (Fsp3) is 0.344. The van der Waals surface area contributed by atoms with E-state index in [4.69, 9.17) is 4.74 Å². The molecule has 0 saturated heterocycles. The standard InChI is InChI=1S/C32H37N3O4/c1-6-25-16-12-13-22(2)30(25)35(24(4)21-39-5)29(36)20-34-28-18-11-10-17-27(28)33(19-23(3)31(34)37)32(38)26-14-8-7-9-15-26/h7-18,23-24H,6,19-21H2,1-5H3. The van der Waals surface area contributed by atoms with Crippen LogP contribution in [0.5, 0.6) is 0 Å². The molecule has 0 radical (unpaired) electrons. The zero-order chi connectivity index (χ0) is 28.1. The molecule has 4 rings (SSSR count). The number of fused-ring (bicyclic) bond motifs is 1. The molecule has 1 heterocycles. The fourth-order valence-electron chi connectivity index (χ4n) is 5.32. The van der Waals surface area contributed by atoms with Crippen molar-refractivity contribution in [2.24, 2.45) is 5.92 Å². The lowest BCUT2D eigenvalue weighted by molar-refractivity contribution is -0.124. The van der Waals surface area contributed by atoms with Gasteiger partial charge in [-0.25, -0.2) is 0 Å². The number of nitrogens with zero attached hydrogens (tertiary/aromatic N) is 3. The lowest BCUT2D eigenvalue weighted by Gasteiger charge is -2.34. The third-order valence-corrected chi connectivity index (χ3v) is 7.23. The predicted octanol–water partition coefficient (Wildman–Crippen LogP) is 5.26. The van der Waals surface area contributed by atoms with Crippen LogP contribution in [-0.4, -0.2) is 50.6 Å². The largest absolute Gasteiger partial charge is 0.383 e. The zero-order valence-corrected chi connectivity index (χ0v) is 23.4. The minimum absolute atomic E-state index is 0.154. The molecular formula is C32H37N3O4. The number of carbonyl (C=O) groups excluding carboxylic acids is 3. The fourth-order valence-corrected chi connectivity index (χ4v) is 5.32. The maximum Gasteiger partial charge on any atom is 0.258 e. The molecule has 2 unspecified atom stereocenters. The predicted molar refractivity (Wildman–Crippen MR) is 155 cm³/mol. The first kappa shape index (κ1) is 28.0. The minimum Gasteiger partial charge on any atom is -0.383 e. The monoisotopic (exact) mass is 527 g/mol. The zero-order valence-electron chi connectivity index (χ0n) is 23.4. The summed E-state index contributed by atoms with van der Waals surface area (Å²) in [6, 6.07) is 22.1. The first-order chi connectivity index (χ1) is 18.8. The second-order valence-electron chi connectivity index (χ2n) is 10.1. The van der Waals surface area contributed by atoms with E-state index in [1.807, 2.05) is 68.4 Å². The maximum absolute atomic E-state index is 14.2. The van der Waals surface area contributed by atoms with Crippen LogP contribution in [0.2, 0.25) is 0 Å². The molecule has 7 heteroatoms. The van der Waals surface area contributed by atoms with Crippen LogP contribution < -0.4 is 14.7 Å². The number of ether oxygens (including phenoxy) is 1. The number of hydrogen-bond acceptors (Lipinski definition) is 4. The third kappa shape index (κ3) is 5.73. The number of methoxy groups -OCH3 is 1. The molecule has 1 aliphatic heterocycles. The summed E-state index contributed by atoms with van der Waals surface area (Å²) in [7, 11) is 1.62. The van der Waals surface area contributed by atoms with Gasteiger partial charge in [0.25, 0.3) is 5.91 Å². The van der Waals surface area contributed by atoms with Crippen LogP contribution in [0, 0.1) is 12.8 Å². The summed E-state index contributed by atoms with van der Waals surface area (Å²) in [4.78, 5) is 46.5. The van der Waals surface area contributed by atoms with Gasteiger partial charge < -0.3 is 19.4 Å². The van der Waals surface area contributed by atoms with Gasteiger partial charge in [0.05, 0.1) is 35.6 Å². The number of para-hydroxylation sites is 3. The Morgan fingerprint density at radius 2 is 1.67 bits per heavy atom. The van der Waals surface area contributed by atoms with Crippen LogP contribution in [0.4, 0.5) is 17.1 Å². The molecule has 0 N–H and O–H groups in total. The number of benzene rings is 3. The summed E-state index contributed by atoms with van der Waals surface area (Å²) < 4.78 is 5.44. The van der Waals surface area contributed by atoms with Crippen LogP contribution in [-0.2, 0) is 20.7 Å². The Hall–Kier alpha value is -3.97. The van der Waals surface area contributed by atoms with E-state index < -0.39 is 5.92 Å². The molecule has 0 saturated carbocycles. The molecule has 7 nitrogen and oxygen atoms in total. The normalized spacial score (nSPS) is 15.9. The van der Waals surface area contributed by atoms with E-state index in [-0.39, 0.29) is 36.9 Å². The van der Waals surface area contributed by atoms with Gasteiger partial charge in [0.1, 0.15) is 6.54 Å². The van der Waals surface area contributed by atoms with E-state index in [9.17, 15) is 14.4 Å². The summed E-state index contributed by atoms with van der Waals surface area (Å²) in [5.74, 6) is -1.09. The summed E-state index contributed by atoms with van der Waals surface area (Å²) in [6.45, 7) is 8.23. The van der Waals surface area contributed by atoms with Crippen LogP contribution in [0.25, 0.3) is 0 Å². The Bertz CT molecular complexity index is 1340. The third-order valence-electron chi connectivity index (χ3n) is 7.23. The lowest BCUT2D eigenvalue weighted by atomic mass is 10.0. The van der Waals surface area contributed by atoms with E-state index in [1.54, 1.807) is 42.0 Å². The summed E-state index contributed by atoms with van der Waals surface area (Å²) in [5, 5.41) is 0. The SMILES string of the molecule is CCc1cccc(C)c1N(C(=O)CN1C(=O)C(C)CN(C(=O)c2ccccc2)c2ccccc21)C(C)COC. The summed E-state index contributed by atoms with van der Waals surface area (Å²) >= 11 is 0. The van der Waals surface area contributed by atoms with Crippen molar-refractivity contribution in [2.75, 3.05) is 41.5 Å². The number of hydrogen-bond donors (Lipinski definition) is 0. The van der Waals surface area contributed by atoms with E-state index in [0.29, 0.717) is 23.5 Å². The molecule has 0 bridgehead atoms. The van der Waals surface area contributed by atoms with Crippen molar-refractivity contribution in [1.82, 2.24) is 0 Å². The second-order valence-corrected chi connectivity index (χ2v) is 10.1. The quantitative estimate of drug-likeness (QED) is 0.401. The van der Waals surface area contributed by atoms with Crippen LogP contribution >= 0.6 is 0 Å². The number of anilines is 3. The van der Waals surface area contributed by atoms with Gasteiger partial charge in [-0.15, -0.1) is 0 Å². The van der Waals surface area contributed by atoms with Crippen molar-refractivity contribution in [3.8, 4) is 0 Å². The van der Waals surface area contributed by atoms with Crippen molar-refractivity contribution in [3.63, 3.8) is 0 Å². The van der Waals surface area contributed by atoms with Crippen molar-refractivity contribution in [1.29, 1.82) is 0 Å². The Balaban J connectivity index is 1.76. The average Bonchev–Trinajstić information content (AvgIpc) is 3.04. The van der Waals surface area contributed by atoms with E-state index in [2.05, 4.69) is 6.92 Å². The van der Waals surface area contributed by atoms with Crippen molar-refractivity contribution < 1.29 is 19.1 Å². The Morgan fingerprint density at radius 3 is 2.33 bits per heavy atom. The minimum atomic E-state index is -0.507. The Kier molecular flexibility index (Phi) is 8.82. The molecule has 3 amide bonds.